The van der Waals surface area contributed by atoms with Crippen LogP contribution in [0.5, 0.6) is 0 Å². The van der Waals surface area contributed by atoms with Crippen LogP contribution in [0.25, 0.3) is 0 Å². The SMILES string of the molecule is NC1CCN(CC(=O)N2CCc3ccccc3C2)CC1. The number of carbonyl (C=O) groups excluding carboxylic acids is 1. The van der Waals surface area contributed by atoms with Gasteiger partial charge in [0, 0.05) is 32.2 Å². The lowest BCUT2D eigenvalue weighted by Gasteiger charge is -2.33. The van der Waals surface area contributed by atoms with Crippen molar-refractivity contribution in [1.82, 2.24) is 9.80 Å². The van der Waals surface area contributed by atoms with Gasteiger partial charge in [0.05, 0.1) is 6.54 Å². The first-order chi connectivity index (χ1) is 9.72. The number of fused-ring (bicyclic) bond motifs is 1. The normalized spacial score (nSPS) is 20.8. The molecular weight excluding hydrogens is 250 g/mol. The van der Waals surface area contributed by atoms with Gasteiger partial charge < -0.3 is 10.6 Å². The monoisotopic (exact) mass is 273 g/mol. The van der Waals surface area contributed by atoms with Crippen LogP contribution in [-0.4, -0.2) is 47.9 Å². The van der Waals surface area contributed by atoms with Gasteiger partial charge >= 0.3 is 0 Å². The molecule has 4 nitrogen and oxygen atoms in total. The molecule has 0 aromatic heterocycles. The molecular formula is C16H23N3O. The number of amides is 1. The number of nitrogens with two attached hydrogens (primary N) is 1. The molecule has 0 atom stereocenters. The maximum atomic E-state index is 12.4. The second-order valence-electron chi connectivity index (χ2n) is 5.95. The van der Waals surface area contributed by atoms with Crippen LogP contribution in [0.3, 0.4) is 0 Å². The van der Waals surface area contributed by atoms with Crippen molar-refractivity contribution in [2.75, 3.05) is 26.2 Å². The largest absolute Gasteiger partial charge is 0.337 e. The van der Waals surface area contributed by atoms with Crippen LogP contribution >= 0.6 is 0 Å². The van der Waals surface area contributed by atoms with Crippen molar-refractivity contribution in [2.45, 2.75) is 31.8 Å². The quantitative estimate of drug-likeness (QED) is 0.874. The molecule has 0 unspecified atom stereocenters. The molecule has 1 fully saturated rings. The summed E-state index contributed by atoms with van der Waals surface area (Å²) in [6, 6.07) is 8.76. The van der Waals surface area contributed by atoms with Crippen LogP contribution in [0.1, 0.15) is 24.0 Å². The third-order valence-electron chi connectivity index (χ3n) is 4.47. The second kappa shape index (κ2) is 5.94. The standard InChI is InChI=1S/C16H23N3O/c17-15-6-8-18(9-7-15)12-16(20)19-10-5-13-3-1-2-4-14(13)11-19/h1-4,15H,5-12,17H2. The van der Waals surface area contributed by atoms with Crippen LogP contribution in [0.2, 0.25) is 0 Å². The van der Waals surface area contributed by atoms with Crippen LogP contribution in [-0.2, 0) is 17.8 Å². The van der Waals surface area contributed by atoms with E-state index in [1.54, 1.807) is 0 Å². The summed E-state index contributed by atoms with van der Waals surface area (Å²) in [6.45, 7) is 4.08. The summed E-state index contributed by atoms with van der Waals surface area (Å²) in [6.07, 6.45) is 3.00. The lowest BCUT2D eigenvalue weighted by molar-refractivity contribution is -0.133. The maximum Gasteiger partial charge on any atom is 0.237 e. The first kappa shape index (κ1) is 13.6. The molecule has 4 heteroatoms. The van der Waals surface area contributed by atoms with E-state index in [4.69, 9.17) is 5.73 Å². The van der Waals surface area contributed by atoms with Gasteiger partial charge in [0.1, 0.15) is 0 Å². The molecule has 0 radical (unpaired) electrons. The second-order valence-corrected chi connectivity index (χ2v) is 5.95. The van der Waals surface area contributed by atoms with Gasteiger partial charge in [0.2, 0.25) is 5.91 Å². The van der Waals surface area contributed by atoms with Gasteiger partial charge in [0.25, 0.3) is 0 Å². The Morgan fingerprint density at radius 1 is 1.15 bits per heavy atom. The highest BCUT2D eigenvalue weighted by atomic mass is 16.2. The van der Waals surface area contributed by atoms with Gasteiger partial charge in [-0.25, -0.2) is 0 Å². The Labute approximate surface area is 120 Å². The summed E-state index contributed by atoms with van der Waals surface area (Å²) >= 11 is 0. The molecule has 2 aliphatic heterocycles. The summed E-state index contributed by atoms with van der Waals surface area (Å²) in [5, 5.41) is 0. The average Bonchev–Trinajstić information content (AvgIpc) is 2.49. The lowest BCUT2D eigenvalue weighted by Crippen LogP contribution is -2.46. The van der Waals surface area contributed by atoms with E-state index in [1.807, 2.05) is 4.90 Å². The zero-order valence-electron chi connectivity index (χ0n) is 11.9. The van der Waals surface area contributed by atoms with Gasteiger partial charge in [-0.15, -0.1) is 0 Å². The zero-order valence-corrected chi connectivity index (χ0v) is 11.9. The molecule has 0 saturated carbocycles. The molecule has 108 valence electrons. The van der Waals surface area contributed by atoms with Crippen LogP contribution in [0, 0.1) is 0 Å². The predicted octanol–water partition coefficient (Wildman–Crippen LogP) is 0.994. The molecule has 0 bridgehead atoms. The highest BCUT2D eigenvalue weighted by Gasteiger charge is 2.24. The smallest absolute Gasteiger partial charge is 0.237 e. The number of rotatable bonds is 2. The summed E-state index contributed by atoms with van der Waals surface area (Å²) in [4.78, 5) is 16.6. The van der Waals surface area contributed by atoms with Crippen LogP contribution in [0.4, 0.5) is 0 Å². The van der Waals surface area contributed by atoms with E-state index in [0.717, 1.165) is 45.4 Å². The van der Waals surface area contributed by atoms with Gasteiger partial charge in [-0.3, -0.25) is 9.69 Å². The molecule has 2 N–H and O–H groups in total. The van der Waals surface area contributed by atoms with E-state index >= 15 is 0 Å². The van der Waals surface area contributed by atoms with Crippen molar-refractivity contribution in [2.24, 2.45) is 5.73 Å². The van der Waals surface area contributed by atoms with Crippen molar-refractivity contribution in [3.05, 3.63) is 35.4 Å². The first-order valence-electron chi connectivity index (χ1n) is 7.55. The van der Waals surface area contributed by atoms with Crippen molar-refractivity contribution in [3.63, 3.8) is 0 Å². The summed E-state index contributed by atoms with van der Waals surface area (Å²) < 4.78 is 0. The number of carbonyl (C=O) groups is 1. The molecule has 1 amide bonds. The minimum atomic E-state index is 0.259. The first-order valence-corrected chi connectivity index (χ1v) is 7.55. The Bertz CT molecular complexity index is 480. The molecule has 1 aromatic carbocycles. The van der Waals surface area contributed by atoms with Crippen LogP contribution < -0.4 is 5.73 Å². The maximum absolute atomic E-state index is 12.4. The Kier molecular flexibility index (Phi) is 4.03. The van der Waals surface area contributed by atoms with Crippen molar-refractivity contribution >= 4 is 5.91 Å². The van der Waals surface area contributed by atoms with Gasteiger partial charge in [-0.05, 0) is 30.4 Å². The van der Waals surface area contributed by atoms with Gasteiger partial charge in [0.15, 0.2) is 0 Å². The van der Waals surface area contributed by atoms with E-state index in [0.29, 0.717) is 12.6 Å². The summed E-state index contributed by atoms with van der Waals surface area (Å²) in [5.74, 6) is 0.259. The highest BCUT2D eigenvalue weighted by Crippen LogP contribution is 2.19. The van der Waals surface area contributed by atoms with Crippen molar-refractivity contribution in [1.29, 1.82) is 0 Å². The molecule has 3 rings (SSSR count). The van der Waals surface area contributed by atoms with Gasteiger partial charge in [-0.1, -0.05) is 24.3 Å². The Hall–Kier alpha value is -1.39. The lowest BCUT2D eigenvalue weighted by atomic mass is 10.00. The summed E-state index contributed by atoms with van der Waals surface area (Å²) in [5.41, 5.74) is 8.59. The topological polar surface area (TPSA) is 49.6 Å². The molecule has 2 heterocycles. The number of likely N-dealkylation sites (tertiary alicyclic amines) is 1. The van der Waals surface area contributed by atoms with E-state index in [-0.39, 0.29) is 5.91 Å². The highest BCUT2D eigenvalue weighted by molar-refractivity contribution is 5.78. The molecule has 0 aliphatic carbocycles. The number of hydrogen-bond donors (Lipinski definition) is 1. The Morgan fingerprint density at radius 3 is 2.60 bits per heavy atom. The molecule has 20 heavy (non-hydrogen) atoms. The van der Waals surface area contributed by atoms with E-state index in [2.05, 4.69) is 29.2 Å². The molecule has 1 saturated heterocycles. The zero-order chi connectivity index (χ0) is 13.9. The Balaban J connectivity index is 1.56. The van der Waals surface area contributed by atoms with E-state index in [1.165, 1.54) is 11.1 Å². The number of nitrogens with zero attached hydrogens (tertiary/aromatic N) is 2. The minimum Gasteiger partial charge on any atom is -0.337 e. The minimum absolute atomic E-state index is 0.259. The summed E-state index contributed by atoms with van der Waals surface area (Å²) in [7, 11) is 0. The number of piperidine rings is 1. The third-order valence-corrected chi connectivity index (χ3v) is 4.47. The van der Waals surface area contributed by atoms with Crippen molar-refractivity contribution in [3.8, 4) is 0 Å². The average molecular weight is 273 g/mol. The van der Waals surface area contributed by atoms with Crippen LogP contribution in [0.15, 0.2) is 24.3 Å². The van der Waals surface area contributed by atoms with Gasteiger partial charge in [-0.2, -0.15) is 0 Å². The fraction of sp³-hybridized carbons (Fsp3) is 0.562. The predicted molar refractivity (Wildman–Crippen MR) is 79.2 cm³/mol. The van der Waals surface area contributed by atoms with Crippen molar-refractivity contribution < 1.29 is 4.79 Å². The number of benzene rings is 1. The Morgan fingerprint density at radius 2 is 1.85 bits per heavy atom. The number of hydrogen-bond acceptors (Lipinski definition) is 3. The van der Waals surface area contributed by atoms with E-state index in [9.17, 15) is 4.79 Å². The fourth-order valence-corrected chi connectivity index (χ4v) is 3.11. The third kappa shape index (κ3) is 3.02. The molecule has 1 aromatic rings. The molecule has 2 aliphatic rings. The fourth-order valence-electron chi connectivity index (χ4n) is 3.11. The van der Waals surface area contributed by atoms with E-state index < -0.39 is 0 Å². The molecule has 0 spiro atoms.